The second-order valence-electron chi connectivity index (χ2n) is 6.19. The number of carbonyl (C=O) groups excluding carboxylic acids is 3. The zero-order chi connectivity index (χ0) is 19.8. The highest BCUT2D eigenvalue weighted by Gasteiger charge is 2.09. The van der Waals surface area contributed by atoms with Crippen molar-refractivity contribution in [3.05, 3.63) is 59.1 Å². The number of amides is 3. The first-order chi connectivity index (χ1) is 12.8. The van der Waals surface area contributed by atoms with Gasteiger partial charge in [0.2, 0.25) is 11.8 Å². The third-order valence-corrected chi connectivity index (χ3v) is 3.72. The van der Waals surface area contributed by atoms with Gasteiger partial charge in [-0.15, -0.1) is 0 Å². The second kappa shape index (κ2) is 9.38. The van der Waals surface area contributed by atoms with Crippen molar-refractivity contribution in [2.24, 2.45) is 0 Å². The van der Waals surface area contributed by atoms with Gasteiger partial charge >= 0.3 is 0 Å². The van der Waals surface area contributed by atoms with E-state index < -0.39 is 11.8 Å². The average molecular weight is 369 g/mol. The minimum absolute atomic E-state index is 0.0104. The molecule has 1 heterocycles. The van der Waals surface area contributed by atoms with Crippen molar-refractivity contribution < 1.29 is 18.8 Å². The lowest BCUT2D eigenvalue weighted by molar-refractivity contribution is -0.128. The number of aryl methyl sites for hydroxylation is 3. The number of furan rings is 1. The summed E-state index contributed by atoms with van der Waals surface area (Å²) in [6, 6.07) is 9.21. The molecule has 0 saturated carbocycles. The largest absolute Gasteiger partial charge is 0.462 e. The van der Waals surface area contributed by atoms with Crippen LogP contribution in [0.25, 0.3) is 6.08 Å². The van der Waals surface area contributed by atoms with Gasteiger partial charge in [0.1, 0.15) is 11.5 Å². The Balaban J connectivity index is 1.70. The fourth-order valence-electron chi connectivity index (χ4n) is 2.33. The van der Waals surface area contributed by atoms with E-state index >= 15 is 0 Å². The summed E-state index contributed by atoms with van der Waals surface area (Å²) in [6.07, 6.45) is 2.70. The fraction of sp³-hybridized carbons (Fsp3) is 0.250. The lowest BCUT2D eigenvalue weighted by Crippen LogP contribution is -2.41. The van der Waals surface area contributed by atoms with Gasteiger partial charge in [-0.25, -0.2) is 0 Å². The number of hydrogen-bond donors (Lipinski definition) is 3. The molecule has 7 nitrogen and oxygen atoms in total. The Hall–Kier alpha value is -3.35. The van der Waals surface area contributed by atoms with Crippen LogP contribution >= 0.6 is 0 Å². The molecule has 0 fully saturated rings. The van der Waals surface area contributed by atoms with E-state index in [1.807, 2.05) is 32.0 Å². The molecule has 0 bridgehead atoms. The monoisotopic (exact) mass is 369 g/mol. The van der Waals surface area contributed by atoms with Crippen molar-refractivity contribution in [1.82, 2.24) is 10.9 Å². The molecule has 1 aromatic heterocycles. The molecule has 142 valence electrons. The summed E-state index contributed by atoms with van der Waals surface area (Å²) < 4.78 is 5.29. The summed E-state index contributed by atoms with van der Waals surface area (Å²) in [5.41, 5.74) is 7.30. The molecule has 2 rings (SSSR count). The number of hydrogen-bond acceptors (Lipinski definition) is 4. The Bertz CT molecular complexity index is 868. The molecule has 0 aliphatic rings. The SMILES string of the molecule is Cc1ccc(NC(=O)CCC(=O)NNC(=O)/C=C/c2ccc(C)o2)c(C)c1. The standard InChI is InChI=1S/C20H23N3O4/c1-13-4-8-17(14(2)12-13)21-18(24)10-11-20(26)23-22-19(25)9-7-16-6-5-15(3)27-16/h4-9,12H,10-11H2,1-3H3,(H,21,24)(H,22,25)(H,23,26)/b9-7+. The van der Waals surface area contributed by atoms with Gasteiger partial charge in [0.05, 0.1) is 0 Å². The predicted molar refractivity (Wildman–Crippen MR) is 103 cm³/mol. The molecule has 3 N–H and O–H groups in total. The number of nitrogens with one attached hydrogen (secondary N) is 3. The smallest absolute Gasteiger partial charge is 0.262 e. The Morgan fingerprint density at radius 3 is 2.37 bits per heavy atom. The van der Waals surface area contributed by atoms with Gasteiger partial charge < -0.3 is 9.73 Å². The van der Waals surface area contributed by atoms with Crippen molar-refractivity contribution in [3.8, 4) is 0 Å². The molecule has 0 saturated heterocycles. The topological polar surface area (TPSA) is 100 Å². The summed E-state index contributed by atoms with van der Waals surface area (Å²) >= 11 is 0. The molecule has 2 aromatic rings. The summed E-state index contributed by atoms with van der Waals surface area (Å²) in [5, 5.41) is 2.77. The zero-order valence-corrected chi connectivity index (χ0v) is 15.6. The third-order valence-electron chi connectivity index (χ3n) is 3.72. The van der Waals surface area contributed by atoms with Crippen LogP contribution in [0.15, 0.2) is 40.8 Å². The summed E-state index contributed by atoms with van der Waals surface area (Å²) in [7, 11) is 0. The van der Waals surface area contributed by atoms with Gasteiger partial charge in [-0.05, 0) is 50.6 Å². The maximum absolute atomic E-state index is 12.0. The Labute approximate surface area is 157 Å². The van der Waals surface area contributed by atoms with E-state index in [0.717, 1.165) is 22.6 Å². The van der Waals surface area contributed by atoms with Gasteiger partial charge in [-0.1, -0.05) is 17.7 Å². The highest BCUT2D eigenvalue weighted by molar-refractivity contribution is 5.95. The quantitative estimate of drug-likeness (QED) is 0.538. The van der Waals surface area contributed by atoms with Crippen LogP contribution in [0.4, 0.5) is 5.69 Å². The molecule has 0 aliphatic heterocycles. The van der Waals surface area contributed by atoms with E-state index in [4.69, 9.17) is 4.42 Å². The van der Waals surface area contributed by atoms with E-state index in [2.05, 4.69) is 16.2 Å². The summed E-state index contributed by atoms with van der Waals surface area (Å²) in [4.78, 5) is 35.3. The van der Waals surface area contributed by atoms with Crippen LogP contribution < -0.4 is 16.2 Å². The first kappa shape index (κ1) is 20.0. The lowest BCUT2D eigenvalue weighted by Gasteiger charge is -2.09. The second-order valence-corrected chi connectivity index (χ2v) is 6.19. The normalized spacial score (nSPS) is 10.6. The highest BCUT2D eigenvalue weighted by atomic mass is 16.3. The Kier molecular flexibility index (Phi) is 6.93. The molecule has 0 unspecified atom stereocenters. The summed E-state index contributed by atoms with van der Waals surface area (Å²) in [5.74, 6) is 0.0505. The number of hydrazine groups is 1. The van der Waals surface area contributed by atoms with Crippen LogP contribution in [0.5, 0.6) is 0 Å². The molecule has 0 atom stereocenters. The van der Waals surface area contributed by atoms with Crippen LogP contribution in [0.3, 0.4) is 0 Å². The maximum atomic E-state index is 12.0. The molecule has 1 aromatic carbocycles. The molecular formula is C20H23N3O4. The summed E-state index contributed by atoms with van der Waals surface area (Å²) in [6.45, 7) is 5.68. The van der Waals surface area contributed by atoms with Gasteiger partial charge in [-0.2, -0.15) is 0 Å². The first-order valence-corrected chi connectivity index (χ1v) is 8.54. The Morgan fingerprint density at radius 2 is 1.70 bits per heavy atom. The van der Waals surface area contributed by atoms with E-state index in [0.29, 0.717) is 5.76 Å². The predicted octanol–water partition coefficient (Wildman–Crippen LogP) is 2.78. The highest BCUT2D eigenvalue weighted by Crippen LogP contribution is 2.16. The van der Waals surface area contributed by atoms with Crippen molar-refractivity contribution in [1.29, 1.82) is 0 Å². The van der Waals surface area contributed by atoms with E-state index in [1.54, 1.807) is 19.1 Å². The molecule has 3 amide bonds. The Morgan fingerprint density at radius 1 is 0.963 bits per heavy atom. The molecule has 7 heteroatoms. The number of benzene rings is 1. The van der Waals surface area contributed by atoms with Crippen molar-refractivity contribution >= 4 is 29.5 Å². The van der Waals surface area contributed by atoms with E-state index in [1.165, 1.54) is 12.2 Å². The maximum Gasteiger partial charge on any atom is 0.262 e. The van der Waals surface area contributed by atoms with E-state index in [9.17, 15) is 14.4 Å². The molecular weight excluding hydrogens is 346 g/mol. The average Bonchev–Trinajstić information content (AvgIpc) is 3.04. The van der Waals surface area contributed by atoms with Crippen molar-refractivity contribution in [2.75, 3.05) is 5.32 Å². The van der Waals surface area contributed by atoms with Gasteiger partial charge in [0.25, 0.3) is 5.91 Å². The van der Waals surface area contributed by atoms with Crippen LogP contribution in [0.1, 0.15) is 35.5 Å². The molecule has 27 heavy (non-hydrogen) atoms. The molecule has 0 aliphatic carbocycles. The van der Waals surface area contributed by atoms with Crippen LogP contribution in [0, 0.1) is 20.8 Å². The lowest BCUT2D eigenvalue weighted by atomic mass is 10.1. The van der Waals surface area contributed by atoms with Gasteiger partial charge in [0, 0.05) is 24.6 Å². The van der Waals surface area contributed by atoms with Crippen LogP contribution in [-0.2, 0) is 14.4 Å². The first-order valence-electron chi connectivity index (χ1n) is 8.54. The van der Waals surface area contributed by atoms with Crippen LogP contribution in [0.2, 0.25) is 0 Å². The minimum Gasteiger partial charge on any atom is -0.462 e. The molecule has 0 radical (unpaired) electrons. The van der Waals surface area contributed by atoms with Crippen LogP contribution in [-0.4, -0.2) is 17.7 Å². The number of anilines is 1. The minimum atomic E-state index is -0.503. The number of carbonyl (C=O) groups is 3. The zero-order valence-electron chi connectivity index (χ0n) is 15.6. The molecule has 0 spiro atoms. The fourth-order valence-corrected chi connectivity index (χ4v) is 2.33. The van der Waals surface area contributed by atoms with Crippen molar-refractivity contribution in [3.63, 3.8) is 0 Å². The number of rotatable bonds is 6. The van der Waals surface area contributed by atoms with E-state index in [-0.39, 0.29) is 18.7 Å². The van der Waals surface area contributed by atoms with Crippen molar-refractivity contribution in [2.45, 2.75) is 33.6 Å². The third kappa shape index (κ3) is 6.81. The van der Waals surface area contributed by atoms with Gasteiger partial charge in [-0.3, -0.25) is 25.2 Å². The van der Waals surface area contributed by atoms with Gasteiger partial charge in [0.15, 0.2) is 0 Å².